The number of aryl methyl sites for hydroxylation is 1. The van der Waals surface area contributed by atoms with Crippen molar-refractivity contribution in [3.63, 3.8) is 0 Å². The summed E-state index contributed by atoms with van der Waals surface area (Å²) in [7, 11) is -3.95. The molecule has 2 N–H and O–H groups in total. The number of carbonyl (C=O) groups excluding carboxylic acids is 2. The second kappa shape index (κ2) is 13.6. The molecule has 0 aliphatic carbocycles. The molecule has 1 heterocycles. The van der Waals surface area contributed by atoms with E-state index in [1.165, 1.54) is 36.0 Å². The minimum atomic E-state index is -3.95. The third-order valence-corrected chi connectivity index (χ3v) is 8.44. The van der Waals surface area contributed by atoms with Crippen LogP contribution in [-0.4, -0.2) is 55.0 Å². The summed E-state index contributed by atoms with van der Waals surface area (Å²) >= 11 is 1.21. The number of amidine groups is 1. The Bertz CT molecular complexity index is 1770. The molecule has 2 amide bonds. The topological polar surface area (TPSA) is 105 Å². The molecule has 0 fully saturated rings. The summed E-state index contributed by atoms with van der Waals surface area (Å²) in [5.74, 6) is -1.29. The van der Waals surface area contributed by atoms with E-state index in [2.05, 4.69) is 15.0 Å². The quantitative estimate of drug-likeness (QED) is 0.218. The van der Waals surface area contributed by atoms with Crippen molar-refractivity contribution in [3.05, 3.63) is 124 Å². The van der Waals surface area contributed by atoms with E-state index < -0.39 is 15.9 Å². The zero-order chi connectivity index (χ0) is 29.0. The predicted molar refractivity (Wildman–Crippen MR) is 167 cm³/mol. The van der Waals surface area contributed by atoms with Crippen LogP contribution in [0.5, 0.6) is 0 Å². The van der Waals surface area contributed by atoms with Gasteiger partial charge in [-0.25, -0.2) is 17.5 Å². The molecule has 0 atom stereocenters. The number of anilines is 1. The summed E-state index contributed by atoms with van der Waals surface area (Å²) in [4.78, 5) is 29.4. The number of carbonyl (C=O) groups is 2. The number of aliphatic imine (C=N–C) groups is 1. The van der Waals surface area contributed by atoms with Gasteiger partial charge in [0.2, 0.25) is 5.91 Å². The molecule has 0 spiro atoms. The van der Waals surface area contributed by atoms with Crippen LogP contribution in [-0.2, 0) is 26.0 Å². The SMILES string of the molecule is Cc1ccc(S(=O)(=O)NC(=O)Cc2ccc(NC3=NC(=O)C(=Cc4ccc(-c5ccc(F)cc5)cc4)S3)cc2)cc1.[NaH]. The second-order valence-electron chi connectivity index (χ2n) is 9.30. The molecule has 0 bridgehead atoms. The number of nitrogens with one attached hydrogen (secondary N) is 2. The molecule has 11 heteroatoms. The van der Waals surface area contributed by atoms with Gasteiger partial charge in [-0.15, -0.1) is 0 Å². The van der Waals surface area contributed by atoms with Gasteiger partial charge in [0.1, 0.15) is 5.82 Å². The number of hydrogen-bond acceptors (Lipinski definition) is 6. The van der Waals surface area contributed by atoms with Crippen LogP contribution in [0.2, 0.25) is 0 Å². The molecule has 42 heavy (non-hydrogen) atoms. The first-order valence-electron chi connectivity index (χ1n) is 12.5. The average molecular weight is 610 g/mol. The van der Waals surface area contributed by atoms with Gasteiger partial charge < -0.3 is 5.32 Å². The van der Waals surface area contributed by atoms with Crippen LogP contribution in [0.25, 0.3) is 17.2 Å². The molecule has 0 saturated carbocycles. The van der Waals surface area contributed by atoms with E-state index in [0.29, 0.717) is 21.3 Å². The van der Waals surface area contributed by atoms with Crippen LogP contribution in [0.4, 0.5) is 10.1 Å². The molecule has 7 nitrogen and oxygen atoms in total. The van der Waals surface area contributed by atoms with Crippen molar-refractivity contribution >= 4 is 80.1 Å². The molecule has 1 aliphatic rings. The monoisotopic (exact) mass is 609 g/mol. The van der Waals surface area contributed by atoms with Crippen molar-refractivity contribution in [2.75, 3.05) is 5.32 Å². The fraction of sp³-hybridized carbons (Fsp3) is 0.0645. The van der Waals surface area contributed by atoms with Gasteiger partial charge in [0, 0.05) is 5.69 Å². The number of nitrogens with zero attached hydrogens (tertiary/aromatic N) is 1. The van der Waals surface area contributed by atoms with E-state index in [-0.39, 0.29) is 52.6 Å². The number of hydrogen-bond donors (Lipinski definition) is 2. The third-order valence-electron chi connectivity index (χ3n) is 6.16. The van der Waals surface area contributed by atoms with Gasteiger partial charge in [0.05, 0.1) is 16.2 Å². The van der Waals surface area contributed by atoms with Gasteiger partial charge >= 0.3 is 29.6 Å². The van der Waals surface area contributed by atoms with Crippen LogP contribution in [0.3, 0.4) is 0 Å². The van der Waals surface area contributed by atoms with Crippen molar-refractivity contribution < 1.29 is 22.4 Å². The molecule has 0 saturated heterocycles. The number of benzene rings is 4. The summed E-state index contributed by atoms with van der Waals surface area (Å²) in [5, 5.41) is 3.51. The zero-order valence-corrected chi connectivity index (χ0v) is 23.4. The summed E-state index contributed by atoms with van der Waals surface area (Å²) in [5.41, 5.74) is 4.85. The van der Waals surface area contributed by atoms with E-state index in [9.17, 15) is 22.4 Å². The summed E-state index contributed by atoms with van der Waals surface area (Å²) in [6, 6.07) is 26.9. The van der Waals surface area contributed by atoms with Crippen molar-refractivity contribution in [3.8, 4) is 11.1 Å². The number of sulfonamides is 1. The fourth-order valence-corrected chi connectivity index (χ4v) is 5.82. The number of rotatable bonds is 7. The Balaban J connectivity index is 0.00000405. The molecule has 1 aliphatic heterocycles. The molecule has 0 unspecified atom stereocenters. The second-order valence-corrected chi connectivity index (χ2v) is 12.0. The maximum absolute atomic E-state index is 13.2. The van der Waals surface area contributed by atoms with E-state index >= 15 is 0 Å². The van der Waals surface area contributed by atoms with E-state index in [1.807, 2.05) is 31.2 Å². The van der Waals surface area contributed by atoms with Crippen molar-refractivity contribution in [1.29, 1.82) is 0 Å². The number of amides is 2. The molecular weight excluding hydrogens is 584 g/mol. The van der Waals surface area contributed by atoms with E-state index in [0.717, 1.165) is 22.3 Å². The minimum absolute atomic E-state index is 0. The molecule has 208 valence electrons. The van der Waals surface area contributed by atoms with Crippen LogP contribution >= 0.6 is 11.8 Å². The Kier molecular flexibility index (Phi) is 10.2. The van der Waals surface area contributed by atoms with Gasteiger partial charge in [-0.2, -0.15) is 4.99 Å². The molecule has 4 aromatic carbocycles. The molecule has 0 radical (unpaired) electrons. The number of halogens is 1. The Hall–Kier alpha value is -3.54. The molecule has 4 aromatic rings. The van der Waals surface area contributed by atoms with E-state index in [4.69, 9.17) is 0 Å². The Labute approximate surface area is 269 Å². The summed E-state index contributed by atoms with van der Waals surface area (Å²) < 4.78 is 40.2. The molecular formula is C31H25FN3NaO4S2. The Morgan fingerprint density at radius 1 is 0.881 bits per heavy atom. The Morgan fingerprint density at radius 2 is 1.48 bits per heavy atom. The van der Waals surface area contributed by atoms with E-state index in [1.54, 1.807) is 54.6 Å². The van der Waals surface area contributed by atoms with Gasteiger partial charge in [-0.05, 0) is 83.4 Å². The first-order valence-corrected chi connectivity index (χ1v) is 14.8. The van der Waals surface area contributed by atoms with Crippen LogP contribution in [0.1, 0.15) is 16.7 Å². The standard InChI is InChI=1S/C31H24FN3O4S2.Na.H/c1-20-2-16-27(17-3-20)41(38,39)35-29(36)19-22-6-14-26(15-7-22)33-31-34-30(37)28(40-31)18-21-4-8-23(9-5-21)24-10-12-25(32)13-11-24;;/h2-18H,19H2,1H3,(H,35,36)(H,33,34,37);;. The summed E-state index contributed by atoms with van der Waals surface area (Å²) in [6.45, 7) is 1.84. The van der Waals surface area contributed by atoms with Crippen LogP contribution < -0.4 is 10.0 Å². The number of thioether (sulfide) groups is 1. The van der Waals surface area contributed by atoms with Gasteiger partial charge in [-0.1, -0.05) is 66.2 Å². The molecule has 0 aromatic heterocycles. The van der Waals surface area contributed by atoms with Gasteiger partial charge in [0.25, 0.3) is 15.9 Å². The maximum atomic E-state index is 13.2. The van der Waals surface area contributed by atoms with Gasteiger partial charge in [-0.3, -0.25) is 9.59 Å². The normalized spacial score (nSPS) is 13.8. The molecule has 5 rings (SSSR count). The third kappa shape index (κ3) is 8.05. The van der Waals surface area contributed by atoms with Crippen molar-refractivity contribution in [2.45, 2.75) is 18.2 Å². The first kappa shape index (κ1) is 31.4. The Morgan fingerprint density at radius 3 is 2.10 bits per heavy atom. The summed E-state index contributed by atoms with van der Waals surface area (Å²) in [6.07, 6.45) is 1.64. The van der Waals surface area contributed by atoms with Crippen LogP contribution in [0, 0.1) is 12.7 Å². The fourth-order valence-electron chi connectivity index (χ4n) is 4.01. The van der Waals surface area contributed by atoms with Crippen molar-refractivity contribution in [1.82, 2.24) is 4.72 Å². The predicted octanol–water partition coefficient (Wildman–Crippen LogP) is 5.28. The zero-order valence-electron chi connectivity index (χ0n) is 21.8. The first-order chi connectivity index (χ1) is 19.6. The van der Waals surface area contributed by atoms with Gasteiger partial charge in [0.15, 0.2) is 5.17 Å². The average Bonchev–Trinajstić information content (AvgIpc) is 3.28. The van der Waals surface area contributed by atoms with Crippen molar-refractivity contribution in [2.24, 2.45) is 4.99 Å². The van der Waals surface area contributed by atoms with Crippen LogP contribution in [0.15, 0.2) is 112 Å².